The van der Waals surface area contributed by atoms with Gasteiger partial charge in [-0.15, -0.1) is 0 Å². The Morgan fingerprint density at radius 3 is 2.46 bits per heavy atom. The largest absolute Gasteiger partial charge is 0.504 e. The molecule has 9 nitrogen and oxygen atoms in total. The van der Waals surface area contributed by atoms with E-state index in [-0.39, 0.29) is 59.4 Å². The van der Waals surface area contributed by atoms with Gasteiger partial charge in [0.15, 0.2) is 17.2 Å². The molecule has 2 N–H and O–H groups in total. The first kappa shape index (κ1) is 24.6. The number of amides is 2. The van der Waals surface area contributed by atoms with Crippen molar-refractivity contribution in [3.05, 3.63) is 65.6 Å². The number of carbonyl (C=O) groups excluding carboxylic acids is 2. The number of nitrogens with zero attached hydrogens (tertiary/aromatic N) is 3. The molecular formula is C27H29FN4O5. The summed E-state index contributed by atoms with van der Waals surface area (Å²) in [6, 6.07) is 12.6. The molecule has 1 aromatic heterocycles. The maximum Gasteiger partial charge on any atom is 0.272 e. The molecule has 10 heteroatoms. The van der Waals surface area contributed by atoms with Crippen LogP contribution < -0.4 is 14.8 Å². The van der Waals surface area contributed by atoms with E-state index >= 15 is 0 Å². The summed E-state index contributed by atoms with van der Waals surface area (Å²) in [7, 11) is 2.92. The van der Waals surface area contributed by atoms with E-state index in [2.05, 4.69) is 10.4 Å². The minimum Gasteiger partial charge on any atom is -0.504 e. The Morgan fingerprint density at radius 2 is 1.81 bits per heavy atom. The van der Waals surface area contributed by atoms with E-state index in [0.717, 1.165) is 18.4 Å². The summed E-state index contributed by atoms with van der Waals surface area (Å²) in [5.74, 6) is -0.216. The number of para-hydroxylation sites is 1. The predicted molar refractivity (Wildman–Crippen MR) is 133 cm³/mol. The number of nitrogens with one attached hydrogen (secondary N) is 1. The Labute approximate surface area is 213 Å². The lowest BCUT2D eigenvalue weighted by Crippen LogP contribution is -2.52. The van der Waals surface area contributed by atoms with Gasteiger partial charge >= 0.3 is 0 Å². The van der Waals surface area contributed by atoms with Crippen LogP contribution in [0.1, 0.15) is 41.7 Å². The number of phenolic OH excluding ortho intramolecular Hbond substituents is 1. The number of hydrogen-bond donors (Lipinski definition) is 2. The highest BCUT2D eigenvalue weighted by Crippen LogP contribution is 2.37. The zero-order valence-corrected chi connectivity index (χ0v) is 20.7. The fourth-order valence-electron chi connectivity index (χ4n) is 5.49. The number of aromatic nitrogens is 2. The van der Waals surface area contributed by atoms with Crippen molar-refractivity contribution in [1.82, 2.24) is 20.0 Å². The monoisotopic (exact) mass is 508 g/mol. The number of methoxy groups -OCH3 is 2. The topological polar surface area (TPSA) is 106 Å². The van der Waals surface area contributed by atoms with Crippen molar-refractivity contribution in [2.75, 3.05) is 14.2 Å². The Morgan fingerprint density at radius 1 is 1.08 bits per heavy atom. The Hall–Kier alpha value is -4.08. The molecule has 5 rings (SSSR count). The maximum absolute atomic E-state index is 14.3. The van der Waals surface area contributed by atoms with E-state index in [1.165, 1.54) is 31.0 Å². The van der Waals surface area contributed by atoms with Gasteiger partial charge < -0.3 is 24.8 Å². The van der Waals surface area contributed by atoms with Crippen LogP contribution in [0.3, 0.4) is 0 Å². The maximum atomic E-state index is 14.3. The van der Waals surface area contributed by atoms with Crippen LogP contribution in [-0.2, 0) is 11.2 Å². The number of aromatic hydroxyl groups is 1. The van der Waals surface area contributed by atoms with Gasteiger partial charge in [-0.25, -0.2) is 4.39 Å². The van der Waals surface area contributed by atoms with E-state index in [9.17, 15) is 19.1 Å². The molecule has 2 aliphatic heterocycles. The van der Waals surface area contributed by atoms with Crippen LogP contribution in [0, 0.1) is 5.82 Å². The fraction of sp³-hybridized carbons (Fsp3) is 0.370. The summed E-state index contributed by atoms with van der Waals surface area (Å²) in [6.45, 7) is 0. The van der Waals surface area contributed by atoms with Crippen LogP contribution in [0.2, 0.25) is 0 Å². The van der Waals surface area contributed by atoms with Crippen LogP contribution in [-0.4, -0.2) is 63.9 Å². The molecule has 3 heterocycles. The summed E-state index contributed by atoms with van der Waals surface area (Å²) in [5, 5.41) is 17.4. The van der Waals surface area contributed by atoms with Gasteiger partial charge in [-0.3, -0.25) is 9.59 Å². The molecule has 0 aliphatic carbocycles. The summed E-state index contributed by atoms with van der Waals surface area (Å²) < 4.78 is 26.0. The van der Waals surface area contributed by atoms with Gasteiger partial charge in [0, 0.05) is 24.2 Å². The van der Waals surface area contributed by atoms with Crippen molar-refractivity contribution in [3.63, 3.8) is 0 Å². The zero-order chi connectivity index (χ0) is 26.1. The molecule has 0 radical (unpaired) electrons. The molecule has 37 heavy (non-hydrogen) atoms. The second-order valence-corrected chi connectivity index (χ2v) is 9.45. The third-order valence-corrected chi connectivity index (χ3v) is 7.15. The third kappa shape index (κ3) is 4.83. The first-order chi connectivity index (χ1) is 17.9. The van der Waals surface area contributed by atoms with Crippen molar-refractivity contribution < 1.29 is 28.6 Å². The number of benzene rings is 2. The normalized spacial score (nSPS) is 20.5. The van der Waals surface area contributed by atoms with Gasteiger partial charge in [0.1, 0.15) is 11.5 Å². The van der Waals surface area contributed by atoms with Gasteiger partial charge in [-0.1, -0.05) is 18.2 Å². The van der Waals surface area contributed by atoms with Crippen LogP contribution >= 0.6 is 0 Å². The average molecular weight is 509 g/mol. The predicted octanol–water partition coefficient (Wildman–Crippen LogP) is 3.23. The number of phenols is 1. The minimum absolute atomic E-state index is 0.00580. The van der Waals surface area contributed by atoms with Crippen LogP contribution in [0.25, 0.3) is 5.69 Å². The van der Waals surface area contributed by atoms with Crippen LogP contribution in [0.15, 0.2) is 48.5 Å². The highest BCUT2D eigenvalue weighted by molar-refractivity contribution is 5.93. The van der Waals surface area contributed by atoms with Crippen molar-refractivity contribution in [1.29, 1.82) is 0 Å². The molecule has 2 unspecified atom stereocenters. The van der Waals surface area contributed by atoms with Crippen LogP contribution in [0.5, 0.6) is 17.4 Å². The molecule has 2 aliphatic rings. The molecule has 2 atom stereocenters. The van der Waals surface area contributed by atoms with E-state index < -0.39 is 5.82 Å². The van der Waals surface area contributed by atoms with E-state index in [0.29, 0.717) is 18.6 Å². The molecule has 0 saturated carbocycles. The molecule has 2 aromatic carbocycles. The molecule has 0 spiro atoms. The number of rotatable bonds is 7. The molecule has 3 aromatic rings. The van der Waals surface area contributed by atoms with E-state index in [4.69, 9.17) is 9.47 Å². The summed E-state index contributed by atoms with van der Waals surface area (Å²) in [4.78, 5) is 28.1. The molecule has 2 amide bonds. The van der Waals surface area contributed by atoms with E-state index in [1.54, 1.807) is 36.4 Å². The molecule has 2 fully saturated rings. The lowest BCUT2D eigenvalue weighted by molar-refractivity contribution is -0.135. The Balaban J connectivity index is 1.24. The lowest BCUT2D eigenvalue weighted by atomic mass is 9.96. The minimum atomic E-state index is -0.477. The van der Waals surface area contributed by atoms with Crippen LogP contribution in [0.4, 0.5) is 4.39 Å². The molecule has 2 bridgehead atoms. The summed E-state index contributed by atoms with van der Waals surface area (Å²) >= 11 is 0. The lowest BCUT2D eigenvalue weighted by Gasteiger charge is -2.39. The number of fused-ring (bicyclic) bond motifs is 2. The third-order valence-electron chi connectivity index (χ3n) is 7.15. The van der Waals surface area contributed by atoms with E-state index in [1.807, 2.05) is 4.90 Å². The quantitative estimate of drug-likeness (QED) is 0.508. The summed E-state index contributed by atoms with van der Waals surface area (Å²) in [6.07, 6.45) is 3.24. The fourth-order valence-corrected chi connectivity index (χ4v) is 5.49. The second kappa shape index (κ2) is 10.1. The van der Waals surface area contributed by atoms with Gasteiger partial charge in [0.2, 0.25) is 11.8 Å². The van der Waals surface area contributed by atoms with Gasteiger partial charge in [0.25, 0.3) is 5.91 Å². The standard InChI is InChI=1S/C27H29FN4O5/c1-36-24-10-7-16(11-23(24)33)12-25(34)31-18-8-9-19(31)14-17(13-18)29-27(35)21-15-26(37-2)32(30-21)22-6-4-3-5-20(22)28/h3-7,10-11,15,17-19,33H,8-9,12-14H2,1-2H3,(H,29,35). The van der Waals surface area contributed by atoms with Gasteiger partial charge in [0.05, 0.1) is 20.6 Å². The molecule has 194 valence electrons. The first-order valence-electron chi connectivity index (χ1n) is 12.2. The van der Waals surface area contributed by atoms with Crippen molar-refractivity contribution in [3.8, 4) is 23.1 Å². The smallest absolute Gasteiger partial charge is 0.272 e. The number of piperidine rings is 1. The van der Waals surface area contributed by atoms with Crippen molar-refractivity contribution >= 4 is 11.8 Å². The summed E-state index contributed by atoms with van der Waals surface area (Å²) in [5.41, 5.74) is 1.04. The van der Waals surface area contributed by atoms with Gasteiger partial charge in [-0.2, -0.15) is 9.78 Å². The second-order valence-electron chi connectivity index (χ2n) is 9.45. The zero-order valence-electron chi connectivity index (χ0n) is 20.7. The molecular weight excluding hydrogens is 479 g/mol. The number of hydrogen-bond acceptors (Lipinski definition) is 6. The van der Waals surface area contributed by atoms with Crippen molar-refractivity contribution in [2.24, 2.45) is 0 Å². The average Bonchev–Trinajstić information content (AvgIpc) is 3.43. The highest BCUT2D eigenvalue weighted by atomic mass is 19.1. The Kier molecular flexibility index (Phi) is 6.73. The SMILES string of the molecule is COc1ccc(CC(=O)N2C3CCC2CC(NC(=O)c2cc(OC)n(-c4ccccc4F)n2)C3)cc1O. The number of carbonyl (C=O) groups is 2. The number of halogens is 1. The number of ether oxygens (including phenoxy) is 2. The van der Waals surface area contributed by atoms with Gasteiger partial charge in [-0.05, 0) is 55.5 Å². The van der Waals surface area contributed by atoms with Crippen molar-refractivity contribution in [2.45, 2.75) is 50.2 Å². The highest BCUT2D eigenvalue weighted by Gasteiger charge is 2.43. The first-order valence-corrected chi connectivity index (χ1v) is 12.2. The molecule has 2 saturated heterocycles. The Bertz CT molecular complexity index is 1310.